The van der Waals surface area contributed by atoms with Gasteiger partial charge in [0.15, 0.2) is 5.82 Å². The molecule has 0 radical (unpaired) electrons. The molecule has 0 bridgehead atoms. The highest BCUT2D eigenvalue weighted by atomic mass is 35.5. The fourth-order valence-corrected chi connectivity index (χ4v) is 2.81. The predicted molar refractivity (Wildman–Crippen MR) is 84.3 cm³/mol. The van der Waals surface area contributed by atoms with E-state index in [1.54, 1.807) is 0 Å². The minimum Gasteiger partial charge on any atom is -0.465 e. The number of hydrogen-bond acceptors (Lipinski definition) is 5. The zero-order valence-corrected chi connectivity index (χ0v) is 13.7. The molecule has 7 nitrogen and oxygen atoms in total. The third-order valence-corrected chi connectivity index (χ3v) is 4.34. The number of carboxylic acid groups (broad SMARTS) is 1. The van der Waals surface area contributed by atoms with Crippen LogP contribution >= 0.6 is 11.6 Å². The Labute approximate surface area is 142 Å². The molecule has 0 saturated carbocycles. The summed E-state index contributed by atoms with van der Waals surface area (Å²) in [4.78, 5) is 18.6. The number of aromatic nitrogens is 2. The van der Waals surface area contributed by atoms with Gasteiger partial charge in [-0.3, -0.25) is 4.90 Å². The second-order valence-corrected chi connectivity index (χ2v) is 6.00. The Morgan fingerprint density at radius 2 is 2.08 bits per heavy atom. The van der Waals surface area contributed by atoms with E-state index in [0.29, 0.717) is 37.0 Å². The molecule has 24 heavy (non-hydrogen) atoms. The van der Waals surface area contributed by atoms with Crippen molar-refractivity contribution in [1.82, 2.24) is 19.9 Å². The van der Waals surface area contributed by atoms with Crippen LogP contribution in [0.3, 0.4) is 0 Å². The molecule has 1 saturated heterocycles. The minimum atomic E-state index is -0.916. The number of benzene rings is 1. The molecule has 128 valence electrons. The first-order valence-electron chi connectivity index (χ1n) is 7.46. The van der Waals surface area contributed by atoms with Crippen LogP contribution < -0.4 is 0 Å². The van der Waals surface area contributed by atoms with E-state index in [-0.39, 0.29) is 17.5 Å². The van der Waals surface area contributed by atoms with E-state index in [0.717, 1.165) is 0 Å². The van der Waals surface area contributed by atoms with Crippen LogP contribution in [-0.4, -0.2) is 57.3 Å². The van der Waals surface area contributed by atoms with Gasteiger partial charge in [0.25, 0.3) is 5.89 Å². The van der Waals surface area contributed by atoms with E-state index in [9.17, 15) is 9.18 Å². The van der Waals surface area contributed by atoms with Crippen molar-refractivity contribution in [2.75, 3.05) is 26.2 Å². The van der Waals surface area contributed by atoms with Crippen molar-refractivity contribution in [3.05, 3.63) is 34.9 Å². The molecule has 0 aliphatic carbocycles. The standard InChI is InChI=1S/C15H16ClFN4O3/c1-9(20-4-6-21(7-5-20)15(22)23)13-18-14(24-19-13)11-8-10(16)2-3-12(11)17/h2-3,8-9H,4-7H2,1H3,(H,22,23). The Kier molecular flexibility index (Phi) is 4.68. The van der Waals surface area contributed by atoms with Crippen molar-refractivity contribution >= 4 is 17.7 Å². The van der Waals surface area contributed by atoms with Gasteiger partial charge in [-0.2, -0.15) is 4.98 Å². The molecule has 1 amide bonds. The summed E-state index contributed by atoms with van der Waals surface area (Å²) in [5.41, 5.74) is 0.157. The smallest absolute Gasteiger partial charge is 0.407 e. The van der Waals surface area contributed by atoms with E-state index in [4.69, 9.17) is 21.2 Å². The summed E-state index contributed by atoms with van der Waals surface area (Å²) in [7, 11) is 0. The Balaban J connectivity index is 1.74. The molecule has 1 aliphatic rings. The van der Waals surface area contributed by atoms with E-state index in [1.165, 1.54) is 23.1 Å². The molecule has 3 rings (SSSR count). The summed E-state index contributed by atoms with van der Waals surface area (Å²) >= 11 is 5.88. The summed E-state index contributed by atoms with van der Waals surface area (Å²) in [5.74, 6) is 0.00602. The molecule has 0 spiro atoms. The van der Waals surface area contributed by atoms with Gasteiger partial charge in [0.1, 0.15) is 5.82 Å². The lowest BCUT2D eigenvalue weighted by Crippen LogP contribution is -2.49. The van der Waals surface area contributed by atoms with Crippen molar-refractivity contribution in [2.24, 2.45) is 0 Å². The normalized spacial score (nSPS) is 17.0. The number of piperazine rings is 1. The number of halogens is 2. The van der Waals surface area contributed by atoms with Crippen LogP contribution in [0.4, 0.5) is 9.18 Å². The van der Waals surface area contributed by atoms with Gasteiger partial charge in [-0.1, -0.05) is 16.8 Å². The molecule has 1 aromatic carbocycles. The first-order valence-corrected chi connectivity index (χ1v) is 7.84. The second-order valence-electron chi connectivity index (χ2n) is 5.56. The van der Waals surface area contributed by atoms with Crippen molar-refractivity contribution in [3.63, 3.8) is 0 Å². The fourth-order valence-electron chi connectivity index (χ4n) is 2.64. The quantitative estimate of drug-likeness (QED) is 0.912. The Morgan fingerprint density at radius 3 is 2.75 bits per heavy atom. The summed E-state index contributed by atoms with van der Waals surface area (Å²) in [5, 5.41) is 13.3. The molecule has 9 heteroatoms. The van der Waals surface area contributed by atoms with Gasteiger partial charge in [-0.05, 0) is 25.1 Å². The molecule has 2 heterocycles. The van der Waals surface area contributed by atoms with Crippen LogP contribution in [-0.2, 0) is 0 Å². The van der Waals surface area contributed by atoms with E-state index < -0.39 is 11.9 Å². The van der Waals surface area contributed by atoms with Crippen molar-refractivity contribution < 1.29 is 18.8 Å². The van der Waals surface area contributed by atoms with Crippen LogP contribution in [0, 0.1) is 5.82 Å². The summed E-state index contributed by atoms with van der Waals surface area (Å²) in [6.45, 7) is 3.89. The monoisotopic (exact) mass is 354 g/mol. The predicted octanol–water partition coefficient (Wildman–Crippen LogP) is 2.89. The molecule has 1 aliphatic heterocycles. The number of amides is 1. The lowest BCUT2D eigenvalue weighted by atomic mass is 10.2. The number of nitrogens with zero attached hydrogens (tertiary/aromatic N) is 4. The molecule has 1 N–H and O–H groups in total. The van der Waals surface area contributed by atoms with E-state index in [1.807, 2.05) is 6.92 Å². The first-order chi connectivity index (χ1) is 11.5. The maximum absolute atomic E-state index is 13.9. The molecular weight excluding hydrogens is 339 g/mol. The Bertz CT molecular complexity index is 746. The zero-order valence-electron chi connectivity index (χ0n) is 12.9. The van der Waals surface area contributed by atoms with Crippen molar-refractivity contribution in [1.29, 1.82) is 0 Å². The molecular formula is C15H16ClFN4O3. The van der Waals surface area contributed by atoms with Gasteiger partial charge in [0.05, 0.1) is 11.6 Å². The third kappa shape index (κ3) is 3.34. The zero-order chi connectivity index (χ0) is 17.3. The van der Waals surface area contributed by atoms with Gasteiger partial charge in [0, 0.05) is 31.2 Å². The highest BCUT2D eigenvalue weighted by molar-refractivity contribution is 6.30. The van der Waals surface area contributed by atoms with Gasteiger partial charge >= 0.3 is 6.09 Å². The summed E-state index contributed by atoms with van der Waals surface area (Å²) in [6, 6.07) is 3.96. The number of carbonyl (C=O) groups is 1. The third-order valence-electron chi connectivity index (χ3n) is 4.11. The van der Waals surface area contributed by atoms with Gasteiger partial charge < -0.3 is 14.5 Å². The maximum atomic E-state index is 13.9. The van der Waals surface area contributed by atoms with E-state index in [2.05, 4.69) is 15.0 Å². The average molecular weight is 355 g/mol. The van der Waals surface area contributed by atoms with Crippen LogP contribution in [0.5, 0.6) is 0 Å². The fraction of sp³-hybridized carbons (Fsp3) is 0.400. The van der Waals surface area contributed by atoms with E-state index >= 15 is 0 Å². The molecule has 1 unspecified atom stereocenters. The largest absolute Gasteiger partial charge is 0.465 e. The highest BCUT2D eigenvalue weighted by Crippen LogP contribution is 2.27. The van der Waals surface area contributed by atoms with Crippen LogP contribution in [0.2, 0.25) is 5.02 Å². The lowest BCUT2D eigenvalue weighted by molar-refractivity contribution is 0.0863. The highest BCUT2D eigenvalue weighted by Gasteiger charge is 2.27. The lowest BCUT2D eigenvalue weighted by Gasteiger charge is -2.35. The SMILES string of the molecule is CC(c1noc(-c2cc(Cl)ccc2F)n1)N1CCN(C(=O)O)CC1. The van der Waals surface area contributed by atoms with Crippen molar-refractivity contribution in [2.45, 2.75) is 13.0 Å². The molecule has 1 atom stereocenters. The van der Waals surface area contributed by atoms with Crippen molar-refractivity contribution in [3.8, 4) is 11.5 Å². The molecule has 1 fully saturated rings. The topological polar surface area (TPSA) is 82.7 Å². The van der Waals surface area contributed by atoms with Gasteiger partial charge in [-0.15, -0.1) is 0 Å². The van der Waals surface area contributed by atoms with Gasteiger partial charge in [0.2, 0.25) is 0 Å². The van der Waals surface area contributed by atoms with Crippen LogP contribution in [0.15, 0.2) is 22.7 Å². The number of hydrogen-bond donors (Lipinski definition) is 1. The molecule has 2 aromatic rings. The summed E-state index contributed by atoms with van der Waals surface area (Å²) < 4.78 is 19.0. The molecule has 1 aromatic heterocycles. The second kappa shape index (κ2) is 6.74. The Morgan fingerprint density at radius 1 is 1.38 bits per heavy atom. The number of rotatable bonds is 3. The summed E-state index contributed by atoms with van der Waals surface area (Å²) in [6.07, 6.45) is -0.916. The average Bonchev–Trinajstić information content (AvgIpc) is 3.06. The first kappa shape index (κ1) is 16.7. The van der Waals surface area contributed by atoms with Gasteiger partial charge in [-0.25, -0.2) is 9.18 Å². The maximum Gasteiger partial charge on any atom is 0.407 e. The minimum absolute atomic E-state index is 0.0704. The Hall–Kier alpha value is -2.19. The van der Waals surface area contributed by atoms with Crippen LogP contribution in [0.25, 0.3) is 11.5 Å². The van der Waals surface area contributed by atoms with Crippen LogP contribution in [0.1, 0.15) is 18.8 Å².